The number of hydrogen-bond acceptors (Lipinski definition) is 5. The highest BCUT2D eigenvalue weighted by molar-refractivity contribution is 5.95. The molecule has 0 saturated carbocycles. The summed E-state index contributed by atoms with van der Waals surface area (Å²) in [6.07, 6.45) is 0.885. The van der Waals surface area contributed by atoms with Gasteiger partial charge in [-0.2, -0.15) is 0 Å². The van der Waals surface area contributed by atoms with Crippen molar-refractivity contribution in [3.05, 3.63) is 22.0 Å². The van der Waals surface area contributed by atoms with E-state index < -0.39 is 4.92 Å². The second-order valence-electron chi connectivity index (χ2n) is 2.00. The Morgan fingerprint density at radius 1 is 1.83 bits per heavy atom. The minimum Gasteiger partial charge on any atom is -0.399 e. The third-order valence-electron chi connectivity index (χ3n) is 1.17. The van der Waals surface area contributed by atoms with Crippen molar-refractivity contribution in [3.63, 3.8) is 0 Å². The second kappa shape index (κ2) is 5.25. The third-order valence-corrected chi connectivity index (χ3v) is 1.17. The number of aliphatic hydroxyl groups is 1. The molecule has 0 spiro atoms. The fourth-order valence-electron chi connectivity index (χ4n) is 0.612. The van der Waals surface area contributed by atoms with Crippen molar-refractivity contribution in [1.82, 2.24) is 0 Å². The summed E-state index contributed by atoms with van der Waals surface area (Å²) in [4.78, 5) is 13.3. The second-order valence-corrected chi connectivity index (χ2v) is 2.00. The molecule has 6 heteroatoms. The molecule has 0 saturated heterocycles. The lowest BCUT2D eigenvalue weighted by Crippen LogP contribution is -2.11. The molecular weight excluding hydrogens is 162 g/mol. The lowest BCUT2D eigenvalue weighted by molar-refractivity contribution is -0.415. The number of rotatable bonds is 4. The maximum atomic E-state index is 10.2. The SMILES string of the molecule is CC(=NCCO)C(=CN)[N+](=O)[O-]. The van der Waals surface area contributed by atoms with Gasteiger partial charge in [0.2, 0.25) is 0 Å². The Labute approximate surface area is 69.6 Å². The number of allylic oxidation sites excluding steroid dienone is 1. The summed E-state index contributed by atoms with van der Waals surface area (Å²) in [5, 5.41) is 18.6. The fourth-order valence-corrected chi connectivity index (χ4v) is 0.612. The minimum absolute atomic E-state index is 0.132. The molecule has 0 unspecified atom stereocenters. The van der Waals surface area contributed by atoms with Gasteiger partial charge in [-0.1, -0.05) is 0 Å². The summed E-state index contributed by atoms with van der Waals surface area (Å²) >= 11 is 0. The maximum Gasteiger partial charge on any atom is 0.305 e. The number of nitrogens with zero attached hydrogens (tertiary/aromatic N) is 2. The number of aliphatic hydroxyl groups excluding tert-OH is 1. The molecule has 0 aromatic carbocycles. The monoisotopic (exact) mass is 173 g/mol. The summed E-state index contributed by atoms with van der Waals surface area (Å²) < 4.78 is 0. The lowest BCUT2D eigenvalue weighted by Gasteiger charge is -1.95. The van der Waals surface area contributed by atoms with E-state index in [1.165, 1.54) is 6.92 Å². The van der Waals surface area contributed by atoms with Crippen molar-refractivity contribution < 1.29 is 10.0 Å². The van der Waals surface area contributed by atoms with Crippen molar-refractivity contribution in [2.24, 2.45) is 10.7 Å². The van der Waals surface area contributed by atoms with E-state index in [2.05, 4.69) is 4.99 Å². The summed E-state index contributed by atoms with van der Waals surface area (Å²) in [5.74, 6) is 0. The Bertz CT molecular complexity index is 222. The molecule has 0 radical (unpaired) electrons. The highest BCUT2D eigenvalue weighted by atomic mass is 16.6. The molecule has 0 aromatic rings. The summed E-state index contributed by atoms with van der Waals surface area (Å²) in [6.45, 7) is 1.49. The summed E-state index contributed by atoms with van der Waals surface area (Å²) in [5.41, 5.74) is 4.99. The first-order valence-corrected chi connectivity index (χ1v) is 3.32. The Morgan fingerprint density at radius 2 is 2.42 bits per heavy atom. The van der Waals surface area contributed by atoms with Gasteiger partial charge in [-0.25, -0.2) is 0 Å². The van der Waals surface area contributed by atoms with Crippen LogP contribution in [0, 0.1) is 10.1 Å². The molecule has 68 valence electrons. The first kappa shape index (κ1) is 10.6. The number of nitro groups is 1. The van der Waals surface area contributed by atoms with Crippen LogP contribution >= 0.6 is 0 Å². The van der Waals surface area contributed by atoms with E-state index in [-0.39, 0.29) is 24.6 Å². The molecule has 0 aliphatic heterocycles. The standard InChI is InChI=1S/C6H11N3O3/c1-5(8-2-3-10)6(4-7)9(11)12/h4,10H,2-3,7H2,1H3. The molecule has 0 aliphatic carbocycles. The quantitative estimate of drug-likeness (QED) is 0.340. The maximum absolute atomic E-state index is 10.2. The summed E-state index contributed by atoms with van der Waals surface area (Å²) in [6, 6.07) is 0. The van der Waals surface area contributed by atoms with Gasteiger partial charge in [-0.3, -0.25) is 15.1 Å². The van der Waals surface area contributed by atoms with Crippen molar-refractivity contribution in [2.75, 3.05) is 13.2 Å². The third kappa shape index (κ3) is 3.11. The van der Waals surface area contributed by atoms with Gasteiger partial charge in [0.25, 0.3) is 0 Å². The van der Waals surface area contributed by atoms with Gasteiger partial charge >= 0.3 is 5.70 Å². The molecule has 0 fully saturated rings. The van der Waals surface area contributed by atoms with Crippen LogP contribution in [-0.4, -0.2) is 28.9 Å². The van der Waals surface area contributed by atoms with Crippen molar-refractivity contribution >= 4 is 5.71 Å². The number of nitrogens with two attached hydrogens (primary N) is 1. The van der Waals surface area contributed by atoms with Crippen LogP contribution in [-0.2, 0) is 0 Å². The smallest absolute Gasteiger partial charge is 0.305 e. The van der Waals surface area contributed by atoms with Gasteiger partial charge in [0.05, 0.1) is 24.3 Å². The van der Waals surface area contributed by atoms with Crippen molar-refractivity contribution in [3.8, 4) is 0 Å². The van der Waals surface area contributed by atoms with Crippen molar-refractivity contribution in [1.29, 1.82) is 0 Å². The van der Waals surface area contributed by atoms with Gasteiger partial charge in [0.1, 0.15) is 5.71 Å². The summed E-state index contributed by atoms with van der Waals surface area (Å²) in [7, 11) is 0. The molecule has 0 aromatic heterocycles. The van der Waals surface area contributed by atoms with Crippen LogP contribution in [0.25, 0.3) is 0 Å². The zero-order chi connectivity index (χ0) is 9.56. The Kier molecular flexibility index (Phi) is 4.62. The first-order chi connectivity index (χ1) is 5.63. The van der Waals surface area contributed by atoms with Crippen LogP contribution < -0.4 is 5.73 Å². The highest BCUT2D eigenvalue weighted by Crippen LogP contribution is 1.96. The Morgan fingerprint density at radius 3 is 2.75 bits per heavy atom. The zero-order valence-electron chi connectivity index (χ0n) is 6.73. The molecule has 0 bridgehead atoms. The van der Waals surface area contributed by atoms with Gasteiger partial charge in [0, 0.05) is 0 Å². The van der Waals surface area contributed by atoms with E-state index in [0.29, 0.717) is 0 Å². The van der Waals surface area contributed by atoms with Gasteiger partial charge in [0.15, 0.2) is 0 Å². The van der Waals surface area contributed by atoms with E-state index in [1.54, 1.807) is 0 Å². The minimum atomic E-state index is -0.615. The van der Waals surface area contributed by atoms with Crippen LogP contribution in [0.15, 0.2) is 16.9 Å². The Balaban J connectivity index is 4.43. The molecule has 0 rings (SSSR count). The molecule has 6 nitrogen and oxygen atoms in total. The number of hydrogen-bond donors (Lipinski definition) is 2. The largest absolute Gasteiger partial charge is 0.399 e. The van der Waals surface area contributed by atoms with Gasteiger partial charge in [-0.15, -0.1) is 0 Å². The van der Waals surface area contributed by atoms with Gasteiger partial charge < -0.3 is 10.8 Å². The average molecular weight is 173 g/mol. The van der Waals surface area contributed by atoms with Crippen LogP contribution in [0.2, 0.25) is 0 Å². The molecular formula is C6H11N3O3. The highest BCUT2D eigenvalue weighted by Gasteiger charge is 2.12. The van der Waals surface area contributed by atoms with E-state index in [1.807, 2.05) is 0 Å². The Hall–Kier alpha value is -1.43. The zero-order valence-corrected chi connectivity index (χ0v) is 6.73. The fraction of sp³-hybridized carbons (Fsp3) is 0.500. The van der Waals surface area contributed by atoms with E-state index in [9.17, 15) is 10.1 Å². The van der Waals surface area contributed by atoms with Crippen LogP contribution in [0.5, 0.6) is 0 Å². The van der Waals surface area contributed by atoms with E-state index in [4.69, 9.17) is 10.8 Å². The molecule has 0 heterocycles. The number of aliphatic imine (C=N–C) groups is 1. The van der Waals surface area contributed by atoms with Crippen LogP contribution in [0.1, 0.15) is 6.92 Å². The molecule has 0 aliphatic rings. The molecule has 12 heavy (non-hydrogen) atoms. The topological polar surface area (TPSA) is 102 Å². The average Bonchev–Trinajstić information content (AvgIpc) is 2.01. The van der Waals surface area contributed by atoms with E-state index in [0.717, 1.165) is 6.20 Å². The first-order valence-electron chi connectivity index (χ1n) is 3.32. The predicted molar refractivity (Wildman–Crippen MR) is 44.3 cm³/mol. The predicted octanol–water partition coefficient (Wildman–Crippen LogP) is -0.484. The van der Waals surface area contributed by atoms with Crippen molar-refractivity contribution in [2.45, 2.75) is 6.92 Å². The van der Waals surface area contributed by atoms with Crippen LogP contribution in [0.3, 0.4) is 0 Å². The molecule has 0 atom stereocenters. The molecule has 3 N–H and O–H groups in total. The van der Waals surface area contributed by atoms with E-state index >= 15 is 0 Å². The normalized spacial score (nSPS) is 13.2. The lowest BCUT2D eigenvalue weighted by atomic mass is 10.3. The van der Waals surface area contributed by atoms with Gasteiger partial charge in [-0.05, 0) is 6.92 Å². The molecule has 0 amide bonds. The van der Waals surface area contributed by atoms with Crippen LogP contribution in [0.4, 0.5) is 0 Å².